The first-order valence-corrected chi connectivity index (χ1v) is 6.96. The molecular weight excluding hydrogens is 345 g/mol. The Balaban J connectivity index is 3.27. The average Bonchev–Trinajstić information content (AvgIpc) is 2.55. The van der Waals surface area contributed by atoms with Crippen LogP contribution < -0.4 is 0 Å². The van der Waals surface area contributed by atoms with E-state index in [9.17, 15) is 27.6 Å². The molecule has 1 aromatic carbocycles. The summed E-state index contributed by atoms with van der Waals surface area (Å²) in [6.45, 7) is -0.309. The number of ether oxygens (including phenoxy) is 3. The lowest BCUT2D eigenvalue weighted by atomic mass is 10.1. The molecule has 0 N–H and O–H groups in total. The van der Waals surface area contributed by atoms with E-state index in [1.807, 2.05) is 0 Å². The molecule has 0 aliphatic heterocycles. The fourth-order valence-electron chi connectivity index (χ4n) is 1.66. The molecule has 25 heavy (non-hydrogen) atoms. The first-order valence-electron chi connectivity index (χ1n) is 6.96. The molecule has 0 aromatic heterocycles. The zero-order valence-corrected chi connectivity index (χ0v) is 13.4. The molecular formula is C16H15F3O6. The van der Waals surface area contributed by atoms with Crippen molar-refractivity contribution < 1.29 is 41.8 Å². The van der Waals surface area contributed by atoms with Gasteiger partial charge in [0.05, 0.1) is 12.2 Å². The van der Waals surface area contributed by atoms with Gasteiger partial charge in [-0.25, -0.2) is 18.0 Å². The molecule has 0 atom stereocenters. The number of halogens is 3. The predicted molar refractivity (Wildman–Crippen MR) is 78.9 cm³/mol. The van der Waals surface area contributed by atoms with E-state index in [1.165, 1.54) is 7.11 Å². The highest BCUT2D eigenvalue weighted by atomic mass is 19.2. The van der Waals surface area contributed by atoms with Crippen LogP contribution in [0.4, 0.5) is 13.2 Å². The van der Waals surface area contributed by atoms with Crippen molar-refractivity contribution in [3.63, 3.8) is 0 Å². The van der Waals surface area contributed by atoms with Crippen molar-refractivity contribution in [2.24, 2.45) is 0 Å². The number of carbonyl (C=O) groups is 3. The minimum absolute atomic E-state index is 0.0346. The van der Waals surface area contributed by atoms with Gasteiger partial charge in [0.15, 0.2) is 24.1 Å². The van der Waals surface area contributed by atoms with Gasteiger partial charge in [0.1, 0.15) is 12.2 Å². The largest absolute Gasteiger partial charge is 0.459 e. The zero-order valence-electron chi connectivity index (χ0n) is 13.4. The van der Waals surface area contributed by atoms with Crippen molar-refractivity contribution >= 4 is 23.5 Å². The van der Waals surface area contributed by atoms with Gasteiger partial charge in [0, 0.05) is 14.0 Å². The van der Waals surface area contributed by atoms with E-state index in [2.05, 4.69) is 14.2 Å². The third-order valence-electron chi connectivity index (χ3n) is 2.82. The van der Waals surface area contributed by atoms with Crippen LogP contribution in [0.25, 0.3) is 5.83 Å². The average molecular weight is 360 g/mol. The highest BCUT2D eigenvalue weighted by Crippen LogP contribution is 2.26. The van der Waals surface area contributed by atoms with Crippen LogP contribution in [0.15, 0.2) is 23.8 Å². The Bertz CT molecular complexity index is 699. The molecule has 0 heterocycles. The summed E-state index contributed by atoms with van der Waals surface area (Å²) < 4.78 is 55.2. The third-order valence-corrected chi connectivity index (χ3v) is 2.82. The van der Waals surface area contributed by atoms with E-state index >= 15 is 0 Å². The van der Waals surface area contributed by atoms with Crippen LogP contribution in [0.1, 0.15) is 12.5 Å². The van der Waals surface area contributed by atoms with Crippen molar-refractivity contribution in [1.82, 2.24) is 0 Å². The van der Waals surface area contributed by atoms with E-state index in [1.54, 1.807) is 0 Å². The molecule has 0 amide bonds. The quantitative estimate of drug-likeness (QED) is 0.232. The van der Waals surface area contributed by atoms with Crippen molar-refractivity contribution in [2.75, 3.05) is 26.9 Å². The summed E-state index contributed by atoms with van der Waals surface area (Å²) in [6, 6.07) is 2.58. The summed E-state index contributed by atoms with van der Waals surface area (Å²) in [7, 11) is 1.32. The standard InChI is InChI=1S/C16H15F3O6/c1-9(20)25-8-12(21)13(16(22)24-7-6-23-2)15(19)10-4-3-5-11(17)14(10)18/h3-5H,6-8H2,1-2H3. The summed E-state index contributed by atoms with van der Waals surface area (Å²) >= 11 is 0. The van der Waals surface area contributed by atoms with Crippen molar-refractivity contribution in [2.45, 2.75) is 6.92 Å². The van der Waals surface area contributed by atoms with Gasteiger partial charge >= 0.3 is 11.9 Å². The molecule has 0 aliphatic carbocycles. The summed E-state index contributed by atoms with van der Waals surface area (Å²) in [5.41, 5.74) is -2.13. The normalized spacial score (nSPS) is 11.6. The molecule has 9 heteroatoms. The molecule has 0 bridgehead atoms. The maximum absolute atomic E-state index is 14.6. The first kappa shape index (κ1) is 20.4. The number of carbonyl (C=O) groups excluding carboxylic acids is 3. The summed E-state index contributed by atoms with van der Waals surface area (Å²) in [4.78, 5) is 34.7. The number of ketones is 1. The van der Waals surface area contributed by atoms with E-state index < -0.39 is 52.9 Å². The van der Waals surface area contributed by atoms with Gasteiger partial charge in [-0.1, -0.05) is 6.07 Å². The van der Waals surface area contributed by atoms with Gasteiger partial charge in [-0.3, -0.25) is 9.59 Å². The van der Waals surface area contributed by atoms with Gasteiger partial charge in [-0.15, -0.1) is 0 Å². The van der Waals surface area contributed by atoms with Gasteiger partial charge < -0.3 is 14.2 Å². The Morgan fingerprint density at radius 3 is 2.36 bits per heavy atom. The van der Waals surface area contributed by atoms with Gasteiger partial charge in [-0.2, -0.15) is 0 Å². The van der Waals surface area contributed by atoms with Crippen LogP contribution in [-0.2, 0) is 28.6 Å². The molecule has 1 aromatic rings. The molecule has 136 valence electrons. The Morgan fingerprint density at radius 1 is 1.08 bits per heavy atom. The second-order valence-electron chi connectivity index (χ2n) is 4.62. The molecule has 1 rings (SSSR count). The molecule has 0 unspecified atom stereocenters. The number of benzene rings is 1. The Kier molecular flexibility index (Phi) is 7.80. The van der Waals surface area contributed by atoms with Gasteiger partial charge in [0.2, 0.25) is 5.78 Å². The fraction of sp³-hybridized carbons (Fsp3) is 0.312. The predicted octanol–water partition coefficient (Wildman–Crippen LogP) is 1.97. The summed E-state index contributed by atoms with van der Waals surface area (Å²) in [5.74, 6) is -8.11. The summed E-state index contributed by atoms with van der Waals surface area (Å²) in [6.07, 6.45) is 0. The Labute approximate surface area is 141 Å². The molecule has 0 aliphatic rings. The SMILES string of the molecule is COCCOC(=O)C(C(=O)COC(C)=O)=C(F)c1cccc(F)c1F. The minimum atomic E-state index is -1.63. The topological polar surface area (TPSA) is 78.9 Å². The van der Waals surface area contributed by atoms with Crippen LogP contribution in [0.3, 0.4) is 0 Å². The number of esters is 2. The van der Waals surface area contributed by atoms with Crippen molar-refractivity contribution in [3.05, 3.63) is 41.0 Å². The number of rotatable bonds is 8. The molecule has 0 spiro atoms. The van der Waals surface area contributed by atoms with Gasteiger partial charge in [0.25, 0.3) is 0 Å². The zero-order chi connectivity index (χ0) is 19.0. The second kappa shape index (κ2) is 9.58. The lowest BCUT2D eigenvalue weighted by Crippen LogP contribution is -2.23. The maximum Gasteiger partial charge on any atom is 0.345 e. The van der Waals surface area contributed by atoms with Crippen LogP contribution >= 0.6 is 0 Å². The monoisotopic (exact) mass is 360 g/mol. The van der Waals surface area contributed by atoms with Crippen molar-refractivity contribution in [1.29, 1.82) is 0 Å². The highest BCUT2D eigenvalue weighted by Gasteiger charge is 2.28. The number of Topliss-reactive ketones (excluding diaryl/α,β-unsaturated/α-hetero) is 1. The van der Waals surface area contributed by atoms with Gasteiger partial charge in [-0.05, 0) is 12.1 Å². The van der Waals surface area contributed by atoms with E-state index in [0.29, 0.717) is 0 Å². The van der Waals surface area contributed by atoms with E-state index in [4.69, 9.17) is 0 Å². The Morgan fingerprint density at radius 2 is 1.76 bits per heavy atom. The lowest BCUT2D eigenvalue weighted by Gasteiger charge is -2.10. The molecule has 0 fully saturated rings. The first-order chi connectivity index (χ1) is 11.8. The minimum Gasteiger partial charge on any atom is -0.459 e. The molecule has 0 radical (unpaired) electrons. The number of hydrogen-bond acceptors (Lipinski definition) is 6. The third kappa shape index (κ3) is 5.71. The Hall–Kier alpha value is -2.68. The number of hydrogen-bond donors (Lipinski definition) is 0. The second-order valence-corrected chi connectivity index (χ2v) is 4.62. The lowest BCUT2D eigenvalue weighted by molar-refractivity contribution is -0.147. The molecule has 0 saturated heterocycles. The van der Waals surface area contributed by atoms with E-state index in [0.717, 1.165) is 25.1 Å². The van der Waals surface area contributed by atoms with Crippen molar-refractivity contribution in [3.8, 4) is 0 Å². The molecule has 0 saturated carbocycles. The van der Waals surface area contributed by atoms with Crippen LogP contribution in [-0.4, -0.2) is 44.7 Å². The van der Waals surface area contributed by atoms with E-state index in [-0.39, 0.29) is 13.2 Å². The number of methoxy groups -OCH3 is 1. The summed E-state index contributed by atoms with van der Waals surface area (Å²) in [5, 5.41) is 0. The van der Waals surface area contributed by atoms with Crippen LogP contribution in [0.2, 0.25) is 0 Å². The smallest absolute Gasteiger partial charge is 0.345 e. The molecule has 6 nitrogen and oxygen atoms in total. The highest BCUT2D eigenvalue weighted by molar-refractivity contribution is 6.22. The van der Waals surface area contributed by atoms with Crippen LogP contribution in [0, 0.1) is 11.6 Å². The fourth-order valence-corrected chi connectivity index (χ4v) is 1.66. The van der Waals surface area contributed by atoms with Crippen LogP contribution in [0.5, 0.6) is 0 Å². The maximum atomic E-state index is 14.6.